The van der Waals surface area contributed by atoms with E-state index in [1.807, 2.05) is 0 Å². The van der Waals surface area contributed by atoms with E-state index in [1.54, 1.807) is 0 Å². The van der Waals surface area contributed by atoms with Gasteiger partial charge < -0.3 is 10.1 Å². The van der Waals surface area contributed by atoms with Crippen LogP contribution in [-0.2, 0) is 28.9 Å². The molecule has 1 unspecified atom stereocenters. The van der Waals surface area contributed by atoms with Crippen LogP contribution < -0.4 is 10.9 Å². The van der Waals surface area contributed by atoms with Crippen molar-refractivity contribution in [1.82, 2.24) is 4.57 Å². The van der Waals surface area contributed by atoms with Gasteiger partial charge in [0.1, 0.15) is 11.5 Å². The van der Waals surface area contributed by atoms with Crippen molar-refractivity contribution >= 4 is 33.9 Å². The fourth-order valence-corrected chi connectivity index (χ4v) is 4.64. The minimum Gasteiger partial charge on any atom is -0.465 e. The molecule has 28 heavy (non-hydrogen) atoms. The van der Waals surface area contributed by atoms with E-state index in [0.29, 0.717) is 16.5 Å². The molecule has 148 valence electrons. The van der Waals surface area contributed by atoms with Crippen molar-refractivity contribution in [2.75, 3.05) is 12.4 Å². The summed E-state index contributed by atoms with van der Waals surface area (Å²) in [4.78, 5) is 47.9. The summed E-state index contributed by atoms with van der Waals surface area (Å²) in [5.41, 5.74) is 0.434. The number of methoxy groups -OCH3 is 1. The minimum absolute atomic E-state index is 0.289. The summed E-state index contributed by atoms with van der Waals surface area (Å²) in [5.74, 6) is -0.585. The monoisotopic (exact) mass is 405 g/mol. The Bertz CT molecular complexity index is 1010. The summed E-state index contributed by atoms with van der Waals surface area (Å²) in [5, 5.41) is 13.9. The van der Waals surface area contributed by atoms with E-state index in [1.165, 1.54) is 18.4 Å². The van der Waals surface area contributed by atoms with E-state index in [4.69, 9.17) is 4.74 Å². The minimum atomic E-state index is -0.641. The number of ether oxygens (including phenoxy) is 1. The van der Waals surface area contributed by atoms with E-state index < -0.39 is 28.9 Å². The Labute approximate surface area is 164 Å². The number of anilines is 1. The number of nitro groups is 1. The molecule has 1 aliphatic carbocycles. The van der Waals surface area contributed by atoms with Crippen molar-refractivity contribution in [1.29, 1.82) is 0 Å². The molecule has 1 amide bonds. The SMILES string of the molecule is COC(=O)c1c(NC(=O)Cn2cc([N+](=O)[O-])ccc2=O)sc2c1CCC(C)C2. The van der Waals surface area contributed by atoms with Crippen LogP contribution in [0.4, 0.5) is 10.7 Å². The highest BCUT2D eigenvalue weighted by molar-refractivity contribution is 7.17. The Hall–Kier alpha value is -3.01. The van der Waals surface area contributed by atoms with Crippen molar-refractivity contribution in [3.05, 3.63) is 54.8 Å². The van der Waals surface area contributed by atoms with E-state index in [0.717, 1.165) is 52.6 Å². The van der Waals surface area contributed by atoms with Gasteiger partial charge in [-0.05, 0) is 30.7 Å². The molecular formula is C18H19N3O6S. The van der Waals surface area contributed by atoms with Crippen molar-refractivity contribution in [2.45, 2.75) is 32.7 Å². The third-order valence-corrected chi connectivity index (χ3v) is 5.82. The van der Waals surface area contributed by atoms with Gasteiger partial charge in [-0.25, -0.2) is 4.79 Å². The van der Waals surface area contributed by atoms with Crippen molar-refractivity contribution in [3.8, 4) is 0 Å². The topological polar surface area (TPSA) is 121 Å². The summed E-state index contributed by atoms with van der Waals surface area (Å²) >= 11 is 1.33. The second-order valence-corrected chi connectivity index (χ2v) is 7.81. The van der Waals surface area contributed by atoms with Gasteiger partial charge in [0.25, 0.3) is 11.2 Å². The number of aromatic nitrogens is 1. The lowest BCUT2D eigenvalue weighted by Gasteiger charge is -2.18. The number of esters is 1. The average Bonchev–Trinajstić information content (AvgIpc) is 2.99. The maximum Gasteiger partial charge on any atom is 0.341 e. The molecule has 10 heteroatoms. The number of nitrogens with one attached hydrogen (secondary N) is 1. The molecule has 9 nitrogen and oxygen atoms in total. The van der Waals surface area contributed by atoms with Gasteiger partial charge in [0.05, 0.1) is 23.8 Å². The van der Waals surface area contributed by atoms with Crippen LogP contribution in [0.15, 0.2) is 23.1 Å². The molecule has 3 rings (SSSR count). The van der Waals surface area contributed by atoms with Gasteiger partial charge in [-0.2, -0.15) is 0 Å². The number of pyridine rings is 1. The first-order valence-electron chi connectivity index (χ1n) is 8.67. The molecule has 2 aromatic rings. The number of carbonyl (C=O) groups excluding carboxylic acids is 2. The Morgan fingerprint density at radius 3 is 2.86 bits per heavy atom. The molecule has 0 saturated heterocycles. The molecule has 0 fully saturated rings. The molecule has 2 heterocycles. The van der Waals surface area contributed by atoms with Gasteiger partial charge >= 0.3 is 5.97 Å². The molecule has 0 spiro atoms. The van der Waals surface area contributed by atoms with Crippen molar-refractivity contribution in [2.24, 2.45) is 5.92 Å². The predicted molar refractivity (Wildman–Crippen MR) is 103 cm³/mol. The number of hydrogen-bond donors (Lipinski definition) is 1. The van der Waals surface area contributed by atoms with Crippen LogP contribution in [0, 0.1) is 16.0 Å². The molecule has 0 saturated carbocycles. The Balaban J connectivity index is 1.87. The highest BCUT2D eigenvalue weighted by Gasteiger charge is 2.29. The van der Waals surface area contributed by atoms with Crippen LogP contribution in [0.1, 0.15) is 34.1 Å². The van der Waals surface area contributed by atoms with Crippen LogP contribution in [0.5, 0.6) is 0 Å². The van der Waals surface area contributed by atoms with Crippen LogP contribution in [0.2, 0.25) is 0 Å². The van der Waals surface area contributed by atoms with Gasteiger partial charge in [-0.15, -0.1) is 11.3 Å². The lowest BCUT2D eigenvalue weighted by atomic mass is 9.88. The second kappa shape index (κ2) is 7.93. The van der Waals surface area contributed by atoms with Gasteiger partial charge in [-0.3, -0.25) is 24.3 Å². The largest absolute Gasteiger partial charge is 0.465 e. The predicted octanol–water partition coefficient (Wildman–Crippen LogP) is 2.37. The first-order chi connectivity index (χ1) is 13.3. The van der Waals surface area contributed by atoms with Gasteiger partial charge in [0, 0.05) is 17.0 Å². The smallest absolute Gasteiger partial charge is 0.341 e. The molecule has 0 bridgehead atoms. The third-order valence-electron chi connectivity index (χ3n) is 4.65. The zero-order valence-corrected chi connectivity index (χ0v) is 16.2. The summed E-state index contributed by atoms with van der Waals surface area (Å²) < 4.78 is 5.83. The average molecular weight is 405 g/mol. The molecule has 1 N–H and O–H groups in total. The molecular weight excluding hydrogens is 386 g/mol. The van der Waals surface area contributed by atoms with Crippen LogP contribution in [0.3, 0.4) is 0 Å². The quantitative estimate of drug-likeness (QED) is 0.463. The highest BCUT2D eigenvalue weighted by Crippen LogP contribution is 2.40. The number of hydrogen-bond acceptors (Lipinski definition) is 7. The number of amides is 1. The number of rotatable bonds is 5. The molecule has 0 aromatic carbocycles. The van der Waals surface area contributed by atoms with E-state index in [9.17, 15) is 24.5 Å². The Morgan fingerprint density at radius 2 is 2.18 bits per heavy atom. The summed E-state index contributed by atoms with van der Waals surface area (Å²) in [6.45, 7) is 1.73. The standard InChI is InChI=1S/C18H19N3O6S/c1-10-3-5-12-13(7-10)28-17(16(12)18(24)27-2)19-14(22)9-20-8-11(21(25)26)4-6-15(20)23/h4,6,8,10H,3,5,7,9H2,1-2H3,(H,19,22). The summed E-state index contributed by atoms with van der Waals surface area (Å²) in [7, 11) is 1.28. The van der Waals surface area contributed by atoms with Crippen LogP contribution in [-0.4, -0.2) is 28.5 Å². The molecule has 0 radical (unpaired) electrons. The number of nitrogens with zero attached hydrogens (tertiary/aromatic N) is 2. The Kier molecular flexibility index (Phi) is 5.59. The molecule has 1 atom stereocenters. The van der Waals surface area contributed by atoms with E-state index in [-0.39, 0.29) is 5.69 Å². The third kappa shape index (κ3) is 3.96. The Morgan fingerprint density at radius 1 is 1.43 bits per heavy atom. The zero-order valence-electron chi connectivity index (χ0n) is 15.4. The lowest BCUT2D eigenvalue weighted by Crippen LogP contribution is -2.27. The highest BCUT2D eigenvalue weighted by atomic mass is 32.1. The summed E-state index contributed by atoms with van der Waals surface area (Å²) in [6, 6.07) is 2.12. The lowest BCUT2D eigenvalue weighted by molar-refractivity contribution is -0.385. The van der Waals surface area contributed by atoms with E-state index >= 15 is 0 Å². The molecule has 0 aliphatic heterocycles. The van der Waals surface area contributed by atoms with Gasteiger partial charge in [-0.1, -0.05) is 6.92 Å². The molecule has 1 aliphatic rings. The fourth-order valence-electron chi connectivity index (χ4n) is 3.23. The second-order valence-electron chi connectivity index (χ2n) is 6.71. The number of carbonyl (C=O) groups is 2. The van der Waals surface area contributed by atoms with Gasteiger partial charge in [0.2, 0.25) is 5.91 Å². The number of fused-ring (bicyclic) bond motifs is 1. The van der Waals surface area contributed by atoms with Crippen LogP contribution >= 0.6 is 11.3 Å². The first-order valence-corrected chi connectivity index (χ1v) is 9.49. The van der Waals surface area contributed by atoms with Gasteiger partial charge in [0.15, 0.2) is 0 Å². The summed E-state index contributed by atoms with van der Waals surface area (Å²) in [6.07, 6.45) is 3.52. The van der Waals surface area contributed by atoms with Crippen molar-refractivity contribution < 1.29 is 19.2 Å². The van der Waals surface area contributed by atoms with Crippen molar-refractivity contribution in [3.63, 3.8) is 0 Å². The normalized spacial score (nSPS) is 15.6. The maximum atomic E-state index is 12.5. The van der Waals surface area contributed by atoms with E-state index in [2.05, 4.69) is 12.2 Å². The maximum absolute atomic E-state index is 12.5. The molecule has 2 aromatic heterocycles. The first kappa shape index (κ1) is 19.7. The number of thiophene rings is 1. The van der Waals surface area contributed by atoms with Crippen LogP contribution in [0.25, 0.3) is 0 Å². The zero-order chi connectivity index (χ0) is 20.4. The fraction of sp³-hybridized carbons (Fsp3) is 0.389.